The molecule has 0 aromatic carbocycles. The molecule has 5 nitrogen and oxygen atoms in total. The van der Waals surface area contributed by atoms with Crippen LogP contribution in [0.3, 0.4) is 0 Å². The van der Waals surface area contributed by atoms with Gasteiger partial charge < -0.3 is 15.8 Å². The molecule has 0 bridgehead atoms. The zero-order valence-electron chi connectivity index (χ0n) is 6.58. The summed E-state index contributed by atoms with van der Waals surface area (Å²) < 4.78 is 24.9. The molecule has 2 N–H and O–H groups in total. The number of hydrogen-bond donors (Lipinski definition) is 1. The highest BCUT2D eigenvalue weighted by atomic mass is 127. The molecule has 0 aliphatic rings. The average molecular weight is 315 g/mol. The lowest BCUT2D eigenvalue weighted by Crippen LogP contribution is -2.04. The number of aromatic nitrogens is 1. The van der Waals surface area contributed by atoms with Crippen LogP contribution in [0.2, 0.25) is 0 Å². The van der Waals surface area contributed by atoms with Crippen molar-refractivity contribution in [2.75, 3.05) is 5.73 Å². The number of nitro groups is 1. The minimum absolute atomic E-state index is 0.123. The molecule has 1 aromatic heterocycles. The molecule has 0 aliphatic heterocycles. The van der Waals surface area contributed by atoms with Crippen molar-refractivity contribution in [3.05, 3.63) is 25.3 Å². The van der Waals surface area contributed by atoms with Crippen molar-refractivity contribution in [2.24, 2.45) is 0 Å². The van der Waals surface area contributed by atoms with E-state index >= 15 is 0 Å². The molecule has 1 rings (SSSR count). The number of pyridine rings is 1. The van der Waals surface area contributed by atoms with E-state index in [1.54, 1.807) is 22.6 Å². The van der Waals surface area contributed by atoms with Gasteiger partial charge in [-0.25, -0.2) is 8.78 Å². The summed E-state index contributed by atoms with van der Waals surface area (Å²) in [5.74, 6) is -1.01. The lowest BCUT2D eigenvalue weighted by atomic mass is 10.2. The number of anilines is 1. The van der Waals surface area contributed by atoms with E-state index in [0.717, 1.165) is 6.07 Å². The Hall–Kier alpha value is -1.06. The van der Waals surface area contributed by atoms with E-state index in [-0.39, 0.29) is 9.39 Å². The Morgan fingerprint density at radius 2 is 2.21 bits per heavy atom. The minimum Gasteiger partial charge on any atom is -0.362 e. The lowest BCUT2D eigenvalue weighted by molar-refractivity contribution is -0.390. The van der Waals surface area contributed by atoms with Crippen molar-refractivity contribution in [2.45, 2.75) is 6.43 Å². The number of nitrogens with two attached hydrogens (primary N) is 1. The molecule has 14 heavy (non-hydrogen) atoms. The van der Waals surface area contributed by atoms with Gasteiger partial charge in [0.05, 0.1) is 3.57 Å². The predicted octanol–water partition coefficient (Wildman–Crippen LogP) is 2.11. The Labute approximate surface area is 90.6 Å². The van der Waals surface area contributed by atoms with Crippen LogP contribution in [0, 0.1) is 13.7 Å². The van der Waals surface area contributed by atoms with E-state index < -0.39 is 22.7 Å². The summed E-state index contributed by atoms with van der Waals surface area (Å²) in [6.07, 6.45) is -2.93. The largest absolute Gasteiger partial charge is 0.374 e. The van der Waals surface area contributed by atoms with E-state index in [9.17, 15) is 18.9 Å². The topological polar surface area (TPSA) is 82.0 Å². The van der Waals surface area contributed by atoms with Crippen LogP contribution >= 0.6 is 22.6 Å². The molecule has 0 saturated heterocycles. The second-order valence-electron chi connectivity index (χ2n) is 2.33. The van der Waals surface area contributed by atoms with Crippen LogP contribution in [0.15, 0.2) is 6.07 Å². The van der Waals surface area contributed by atoms with E-state index in [1.807, 2.05) is 0 Å². The monoisotopic (exact) mass is 315 g/mol. The summed E-state index contributed by atoms with van der Waals surface area (Å²) >= 11 is 1.68. The molecule has 0 radical (unpaired) electrons. The van der Waals surface area contributed by atoms with Crippen molar-refractivity contribution >= 4 is 34.2 Å². The van der Waals surface area contributed by atoms with Gasteiger partial charge in [-0.2, -0.15) is 0 Å². The summed E-state index contributed by atoms with van der Waals surface area (Å²) in [7, 11) is 0. The predicted molar refractivity (Wildman–Crippen MR) is 53.0 cm³/mol. The van der Waals surface area contributed by atoms with Crippen LogP contribution < -0.4 is 5.73 Å². The van der Waals surface area contributed by atoms with Gasteiger partial charge in [-0.1, -0.05) is 0 Å². The molecule has 1 heterocycles. The number of nitrogens with zero attached hydrogens (tertiary/aromatic N) is 2. The molecule has 1 aromatic rings. The van der Waals surface area contributed by atoms with Gasteiger partial charge in [0.1, 0.15) is 5.56 Å². The fourth-order valence-corrected chi connectivity index (χ4v) is 1.27. The zero-order valence-corrected chi connectivity index (χ0v) is 8.73. The highest BCUT2D eigenvalue weighted by Crippen LogP contribution is 2.30. The summed E-state index contributed by atoms with van der Waals surface area (Å²) in [5, 5.41) is 10.3. The maximum Gasteiger partial charge on any atom is 0.374 e. The number of hydrogen-bond acceptors (Lipinski definition) is 4. The van der Waals surface area contributed by atoms with Crippen LogP contribution in [-0.2, 0) is 0 Å². The van der Waals surface area contributed by atoms with Crippen molar-refractivity contribution in [1.29, 1.82) is 0 Å². The van der Waals surface area contributed by atoms with Gasteiger partial charge in [0.2, 0.25) is 0 Å². The minimum atomic E-state index is -2.93. The summed E-state index contributed by atoms with van der Waals surface area (Å²) in [6, 6.07) is 0.964. The fraction of sp³-hybridized carbons (Fsp3) is 0.167. The number of alkyl halides is 2. The smallest absolute Gasteiger partial charge is 0.362 e. The Bertz CT molecular complexity index is 386. The Balaban J connectivity index is 3.39. The maximum absolute atomic E-state index is 12.3. The first-order valence-electron chi connectivity index (χ1n) is 3.32. The van der Waals surface area contributed by atoms with Gasteiger partial charge in [-0.3, -0.25) is 0 Å². The fourth-order valence-electron chi connectivity index (χ4n) is 0.814. The summed E-state index contributed by atoms with van der Waals surface area (Å²) in [5.41, 5.74) is 4.55. The number of halogens is 3. The van der Waals surface area contributed by atoms with E-state index in [2.05, 4.69) is 4.98 Å². The van der Waals surface area contributed by atoms with Crippen molar-refractivity contribution in [3.63, 3.8) is 0 Å². The Morgan fingerprint density at radius 1 is 1.64 bits per heavy atom. The second-order valence-corrected chi connectivity index (χ2v) is 3.49. The first kappa shape index (κ1) is 11.0. The van der Waals surface area contributed by atoms with Gasteiger partial charge in [0.15, 0.2) is 0 Å². The standard InChI is InChI=1S/C6H4F2IN3O2/c7-4(8)2-1-3(9)5(10)11-6(2)12(13)14/h1,4H,(H2,10,11). The first-order chi connectivity index (χ1) is 6.43. The highest BCUT2D eigenvalue weighted by molar-refractivity contribution is 14.1. The van der Waals surface area contributed by atoms with Crippen molar-refractivity contribution < 1.29 is 13.7 Å². The highest BCUT2D eigenvalue weighted by Gasteiger charge is 2.25. The average Bonchev–Trinajstić information content (AvgIpc) is 2.08. The third-order valence-electron chi connectivity index (χ3n) is 1.42. The first-order valence-corrected chi connectivity index (χ1v) is 4.39. The van der Waals surface area contributed by atoms with Crippen LogP contribution in [0.25, 0.3) is 0 Å². The van der Waals surface area contributed by atoms with Gasteiger partial charge in [-0.15, -0.1) is 0 Å². The van der Waals surface area contributed by atoms with Crippen molar-refractivity contribution in [3.8, 4) is 0 Å². The van der Waals surface area contributed by atoms with E-state index in [4.69, 9.17) is 5.73 Å². The third-order valence-corrected chi connectivity index (χ3v) is 2.28. The normalized spacial score (nSPS) is 10.6. The molecule has 0 amide bonds. The van der Waals surface area contributed by atoms with Gasteiger partial charge in [0, 0.05) is 0 Å². The number of nitrogen functional groups attached to an aromatic ring is 1. The van der Waals surface area contributed by atoms with Gasteiger partial charge in [-0.05, 0) is 38.6 Å². The van der Waals surface area contributed by atoms with Crippen LogP contribution in [0.4, 0.5) is 20.4 Å². The molecule has 0 aliphatic carbocycles. The third kappa shape index (κ3) is 2.05. The molecular formula is C6H4F2IN3O2. The number of rotatable bonds is 2. The van der Waals surface area contributed by atoms with Crippen molar-refractivity contribution in [1.82, 2.24) is 4.98 Å². The molecule has 0 saturated carbocycles. The zero-order chi connectivity index (χ0) is 10.9. The Kier molecular flexibility index (Phi) is 3.13. The summed E-state index contributed by atoms with van der Waals surface area (Å²) in [6.45, 7) is 0. The van der Waals surface area contributed by atoms with Crippen LogP contribution in [0.1, 0.15) is 12.0 Å². The quantitative estimate of drug-likeness (QED) is 0.515. The molecule has 0 unspecified atom stereocenters. The SMILES string of the molecule is Nc1nc([N+](=O)[O-])c(C(F)F)cc1I. The molecular weight excluding hydrogens is 311 g/mol. The van der Waals surface area contributed by atoms with Crippen LogP contribution in [0.5, 0.6) is 0 Å². The summed E-state index contributed by atoms with van der Waals surface area (Å²) in [4.78, 5) is 12.6. The molecule has 0 spiro atoms. The maximum atomic E-state index is 12.3. The molecule has 0 atom stereocenters. The second kappa shape index (κ2) is 3.98. The lowest BCUT2D eigenvalue weighted by Gasteiger charge is -2.02. The molecule has 8 heteroatoms. The molecule has 0 fully saturated rings. The van der Waals surface area contributed by atoms with Gasteiger partial charge >= 0.3 is 5.82 Å². The van der Waals surface area contributed by atoms with E-state index in [0.29, 0.717) is 0 Å². The molecule has 76 valence electrons. The van der Waals surface area contributed by atoms with Gasteiger partial charge in [0.25, 0.3) is 12.2 Å². The van der Waals surface area contributed by atoms with Crippen LogP contribution in [-0.4, -0.2) is 9.91 Å². The Morgan fingerprint density at radius 3 is 2.64 bits per heavy atom. The van der Waals surface area contributed by atoms with E-state index in [1.165, 1.54) is 0 Å².